The van der Waals surface area contributed by atoms with E-state index in [1.807, 2.05) is 48.6 Å². The van der Waals surface area contributed by atoms with E-state index in [9.17, 15) is 0 Å². The molecule has 17 heavy (non-hydrogen) atoms. The van der Waals surface area contributed by atoms with Gasteiger partial charge in [-0.1, -0.05) is 36.4 Å². The molecule has 0 aromatic heterocycles. The molecule has 2 nitrogen and oxygen atoms in total. The third-order valence-corrected chi connectivity index (χ3v) is 2.30. The summed E-state index contributed by atoms with van der Waals surface area (Å²) in [5.41, 5.74) is 8.51. The van der Waals surface area contributed by atoms with Crippen LogP contribution >= 0.6 is 12.4 Å². The molecule has 0 aliphatic rings. The monoisotopic (exact) mass is 247 g/mol. The molecule has 0 amide bonds. The molecule has 0 aliphatic carbocycles. The number of hydrogen-bond acceptors (Lipinski definition) is 2. The molecule has 88 valence electrons. The molecule has 2 aromatic carbocycles. The van der Waals surface area contributed by atoms with E-state index >= 15 is 0 Å². The second-order valence-corrected chi connectivity index (χ2v) is 3.59. The third kappa shape index (κ3) is 3.85. The van der Waals surface area contributed by atoms with E-state index in [1.165, 1.54) is 0 Å². The summed E-state index contributed by atoms with van der Waals surface area (Å²) >= 11 is 0. The predicted octanol–water partition coefficient (Wildman–Crippen LogP) is 3.57. The standard InChI is InChI=1S/C14H13NO.ClH/c15-13-7-3-11(4-8-13)1-2-12-5-9-14(16)10-6-12;/h1-10,16H,15H2;1H. The van der Waals surface area contributed by atoms with Crippen LogP contribution in [0, 0.1) is 0 Å². The number of aromatic hydroxyl groups is 1. The quantitative estimate of drug-likeness (QED) is 0.630. The van der Waals surface area contributed by atoms with Gasteiger partial charge in [0.05, 0.1) is 0 Å². The van der Waals surface area contributed by atoms with Crippen molar-refractivity contribution in [1.29, 1.82) is 0 Å². The number of phenols is 1. The molecule has 0 saturated carbocycles. The highest BCUT2D eigenvalue weighted by Gasteiger charge is 1.89. The van der Waals surface area contributed by atoms with Crippen molar-refractivity contribution in [1.82, 2.24) is 0 Å². The van der Waals surface area contributed by atoms with Crippen molar-refractivity contribution in [3.8, 4) is 5.75 Å². The van der Waals surface area contributed by atoms with Gasteiger partial charge in [-0.25, -0.2) is 0 Å². The average molecular weight is 248 g/mol. The highest BCUT2D eigenvalue weighted by atomic mass is 35.5. The maximum atomic E-state index is 9.13. The van der Waals surface area contributed by atoms with Crippen LogP contribution in [0.5, 0.6) is 5.75 Å². The number of nitrogens with two attached hydrogens (primary N) is 1. The smallest absolute Gasteiger partial charge is 0.115 e. The van der Waals surface area contributed by atoms with Crippen LogP contribution in [0.15, 0.2) is 48.5 Å². The van der Waals surface area contributed by atoms with Gasteiger partial charge in [-0.2, -0.15) is 0 Å². The van der Waals surface area contributed by atoms with Crippen LogP contribution in [0.2, 0.25) is 0 Å². The minimum Gasteiger partial charge on any atom is -0.508 e. The molecule has 0 heterocycles. The Labute approximate surface area is 107 Å². The van der Waals surface area contributed by atoms with Gasteiger partial charge in [0.1, 0.15) is 5.75 Å². The molecule has 2 rings (SSSR count). The molecule has 2 aromatic rings. The summed E-state index contributed by atoms with van der Waals surface area (Å²) in [6, 6.07) is 14.7. The van der Waals surface area contributed by atoms with Gasteiger partial charge in [-0.3, -0.25) is 0 Å². The molecule has 0 spiro atoms. The van der Waals surface area contributed by atoms with Crippen molar-refractivity contribution in [3.05, 3.63) is 59.7 Å². The first-order valence-corrected chi connectivity index (χ1v) is 5.07. The van der Waals surface area contributed by atoms with Gasteiger partial charge in [0.2, 0.25) is 0 Å². The van der Waals surface area contributed by atoms with Gasteiger partial charge < -0.3 is 10.8 Å². The lowest BCUT2D eigenvalue weighted by Crippen LogP contribution is -1.82. The highest BCUT2D eigenvalue weighted by Crippen LogP contribution is 2.13. The molecule has 3 heteroatoms. The Morgan fingerprint density at radius 3 is 1.65 bits per heavy atom. The van der Waals surface area contributed by atoms with E-state index in [1.54, 1.807) is 12.1 Å². The van der Waals surface area contributed by atoms with E-state index in [-0.39, 0.29) is 18.2 Å². The van der Waals surface area contributed by atoms with Gasteiger partial charge in [-0.05, 0) is 35.4 Å². The molecule has 0 atom stereocenters. The number of hydrogen-bond donors (Lipinski definition) is 2. The molecule has 0 unspecified atom stereocenters. The second kappa shape index (κ2) is 5.97. The lowest BCUT2D eigenvalue weighted by atomic mass is 10.1. The predicted molar refractivity (Wildman–Crippen MR) is 75.1 cm³/mol. The van der Waals surface area contributed by atoms with E-state index in [4.69, 9.17) is 10.8 Å². The molecule has 0 bridgehead atoms. The number of phenolic OH excluding ortho intramolecular Hbond substituents is 1. The van der Waals surface area contributed by atoms with E-state index in [0.717, 1.165) is 16.8 Å². The Hall–Kier alpha value is -1.93. The Morgan fingerprint density at radius 2 is 1.18 bits per heavy atom. The van der Waals surface area contributed by atoms with Gasteiger partial charge in [0, 0.05) is 5.69 Å². The summed E-state index contributed by atoms with van der Waals surface area (Å²) in [5, 5.41) is 9.13. The number of anilines is 1. The summed E-state index contributed by atoms with van der Waals surface area (Å²) < 4.78 is 0. The Bertz CT molecular complexity index is 441. The van der Waals surface area contributed by atoms with Crippen LogP contribution in [0.1, 0.15) is 11.1 Å². The normalized spacial score (nSPS) is 10.1. The van der Waals surface area contributed by atoms with Gasteiger partial charge in [-0.15, -0.1) is 12.4 Å². The largest absolute Gasteiger partial charge is 0.508 e. The fraction of sp³-hybridized carbons (Fsp3) is 0. The molecule has 3 N–H and O–H groups in total. The van der Waals surface area contributed by atoms with Crippen molar-refractivity contribution in [2.45, 2.75) is 0 Å². The van der Waals surface area contributed by atoms with Crippen molar-refractivity contribution >= 4 is 30.2 Å². The molecule has 0 aliphatic heterocycles. The number of halogens is 1. The van der Waals surface area contributed by atoms with E-state index < -0.39 is 0 Å². The molecule has 0 fully saturated rings. The first kappa shape index (κ1) is 13.1. The maximum absolute atomic E-state index is 9.13. The van der Waals surface area contributed by atoms with Crippen molar-refractivity contribution in [2.24, 2.45) is 0 Å². The number of rotatable bonds is 2. The average Bonchev–Trinajstić information content (AvgIpc) is 2.30. The van der Waals surface area contributed by atoms with Crippen molar-refractivity contribution in [2.75, 3.05) is 5.73 Å². The second-order valence-electron chi connectivity index (χ2n) is 3.59. The maximum Gasteiger partial charge on any atom is 0.115 e. The van der Waals surface area contributed by atoms with E-state index in [2.05, 4.69) is 0 Å². The molecular weight excluding hydrogens is 234 g/mol. The first-order chi connectivity index (χ1) is 7.74. The zero-order valence-electron chi connectivity index (χ0n) is 9.21. The molecule has 0 saturated heterocycles. The lowest BCUT2D eigenvalue weighted by Gasteiger charge is -1.96. The summed E-state index contributed by atoms with van der Waals surface area (Å²) in [4.78, 5) is 0. The van der Waals surface area contributed by atoms with Gasteiger partial charge >= 0.3 is 0 Å². The zero-order valence-corrected chi connectivity index (χ0v) is 10.0. The van der Waals surface area contributed by atoms with Gasteiger partial charge in [0.25, 0.3) is 0 Å². The van der Waals surface area contributed by atoms with Crippen LogP contribution in [-0.2, 0) is 0 Å². The lowest BCUT2D eigenvalue weighted by molar-refractivity contribution is 0.475. The topological polar surface area (TPSA) is 46.2 Å². The zero-order chi connectivity index (χ0) is 11.4. The fourth-order valence-corrected chi connectivity index (χ4v) is 1.39. The highest BCUT2D eigenvalue weighted by molar-refractivity contribution is 5.85. The number of benzene rings is 2. The Kier molecular flexibility index (Phi) is 4.61. The SMILES string of the molecule is Cl.Nc1ccc(C=Cc2ccc(O)cc2)cc1. The van der Waals surface area contributed by atoms with Crippen molar-refractivity contribution in [3.63, 3.8) is 0 Å². The van der Waals surface area contributed by atoms with Crippen LogP contribution in [0.25, 0.3) is 12.2 Å². The Balaban J connectivity index is 0.00000144. The first-order valence-electron chi connectivity index (χ1n) is 5.07. The summed E-state index contributed by atoms with van der Waals surface area (Å²) in [7, 11) is 0. The molecule has 0 radical (unpaired) electrons. The summed E-state index contributed by atoms with van der Waals surface area (Å²) in [5.74, 6) is 0.282. The minimum absolute atomic E-state index is 0. The van der Waals surface area contributed by atoms with Crippen molar-refractivity contribution < 1.29 is 5.11 Å². The molecular formula is C14H14ClNO. The number of nitrogen functional groups attached to an aromatic ring is 1. The summed E-state index contributed by atoms with van der Waals surface area (Å²) in [6.07, 6.45) is 4.00. The van der Waals surface area contributed by atoms with Crippen LogP contribution in [0.3, 0.4) is 0 Å². The van der Waals surface area contributed by atoms with Gasteiger partial charge in [0.15, 0.2) is 0 Å². The minimum atomic E-state index is 0. The van der Waals surface area contributed by atoms with Crippen LogP contribution in [-0.4, -0.2) is 5.11 Å². The third-order valence-electron chi connectivity index (χ3n) is 2.30. The van der Waals surface area contributed by atoms with E-state index in [0.29, 0.717) is 0 Å². The van der Waals surface area contributed by atoms with Crippen LogP contribution < -0.4 is 5.73 Å². The summed E-state index contributed by atoms with van der Waals surface area (Å²) in [6.45, 7) is 0. The van der Waals surface area contributed by atoms with Crippen LogP contribution in [0.4, 0.5) is 5.69 Å². The Morgan fingerprint density at radius 1 is 0.765 bits per heavy atom. The fourth-order valence-electron chi connectivity index (χ4n) is 1.39.